The number of rotatable bonds is 20. The van der Waals surface area contributed by atoms with Crippen LogP contribution in [-0.4, -0.2) is 98.6 Å². The minimum Gasteiger partial charge on any atom is -0.344 e. The van der Waals surface area contributed by atoms with E-state index in [4.69, 9.17) is 4.84 Å². The summed E-state index contributed by atoms with van der Waals surface area (Å²) in [4.78, 5) is 7.06. The molecule has 57 heavy (non-hydrogen) atoms. The highest BCUT2D eigenvalue weighted by molar-refractivity contribution is 7.86. The monoisotopic (exact) mass is 874 g/mol. The summed E-state index contributed by atoms with van der Waals surface area (Å²) < 4.78 is 136. The third kappa shape index (κ3) is 12.1. The molecule has 0 fully saturated rings. The molecule has 20 heteroatoms. The van der Waals surface area contributed by atoms with Crippen LogP contribution in [-0.2, 0) is 62.7 Å². The van der Waals surface area contributed by atoms with Gasteiger partial charge in [0.2, 0.25) is 5.69 Å². The second-order valence-corrected chi connectivity index (χ2v) is 21.3. The Bertz CT molecular complexity index is 2400. The number of para-hydroxylation sites is 1. The summed E-state index contributed by atoms with van der Waals surface area (Å²) in [6.07, 6.45) is 9.11. The number of hydrogen-bond acceptors (Lipinski definition) is 11. The van der Waals surface area contributed by atoms with E-state index in [1.807, 2.05) is 69.9 Å². The van der Waals surface area contributed by atoms with E-state index in [-0.39, 0.29) is 50.7 Å². The number of nitrogens with zero attached hydrogens (tertiary/aromatic N) is 2. The second-order valence-electron chi connectivity index (χ2n) is 15.2. The van der Waals surface area contributed by atoms with Crippen molar-refractivity contribution in [2.45, 2.75) is 88.7 Å². The number of allylic oxidation sites excluding steroid dienone is 6. The Hall–Kier alpha value is -3.31. The van der Waals surface area contributed by atoms with Gasteiger partial charge in [-0.3, -0.25) is 23.0 Å². The smallest absolute Gasteiger partial charge is 0.301 e. The first-order valence-corrected chi connectivity index (χ1v) is 24.5. The first-order chi connectivity index (χ1) is 26.2. The van der Waals surface area contributed by atoms with E-state index in [1.54, 1.807) is 34.9 Å². The van der Waals surface area contributed by atoms with Gasteiger partial charge < -0.3 is 4.90 Å². The first-order valence-electron chi connectivity index (χ1n) is 18.2. The van der Waals surface area contributed by atoms with E-state index in [2.05, 4.69) is 5.48 Å². The maximum Gasteiger partial charge on any atom is 0.301 e. The van der Waals surface area contributed by atoms with Gasteiger partial charge >= 0.3 is 10.1 Å². The van der Waals surface area contributed by atoms with Crippen LogP contribution in [0.5, 0.6) is 0 Å². The molecule has 0 aromatic heterocycles. The van der Waals surface area contributed by atoms with E-state index >= 15 is 0 Å². The summed E-state index contributed by atoms with van der Waals surface area (Å²) in [7, 11) is -17.6. The van der Waals surface area contributed by atoms with E-state index in [9.17, 15) is 51.9 Å². The molecule has 1 atom stereocenters. The van der Waals surface area contributed by atoms with Crippen molar-refractivity contribution in [2.75, 3.05) is 35.2 Å². The SMILES string of the molecule is CC(C)NOCc1cc2c(c(S(=O)(=O)O)c1)[N+](CCCS(=O)(=O)O)=C(C=CC=CC=C1N(CCCS(=O)(=O)O)c3ccccc3C1(C)CCCS(=O)(=O)O)C2(C)C. The number of benzene rings is 2. The van der Waals surface area contributed by atoms with Crippen molar-refractivity contribution >= 4 is 57.6 Å². The van der Waals surface area contributed by atoms with Gasteiger partial charge in [-0.25, -0.2) is 0 Å². The van der Waals surface area contributed by atoms with Gasteiger partial charge in [0.25, 0.3) is 30.4 Å². The normalized spacial score (nSPS) is 19.5. The molecule has 5 N–H and O–H groups in total. The average Bonchev–Trinajstić information content (AvgIpc) is 3.41. The minimum absolute atomic E-state index is 0.0270. The molecule has 0 spiro atoms. The molecular weight excluding hydrogens is 823 g/mol. The van der Waals surface area contributed by atoms with Gasteiger partial charge in [-0.2, -0.15) is 43.7 Å². The molecule has 0 aliphatic carbocycles. The molecule has 316 valence electrons. The third-order valence-electron chi connectivity index (χ3n) is 9.87. The van der Waals surface area contributed by atoms with E-state index in [0.717, 1.165) is 11.3 Å². The summed E-state index contributed by atoms with van der Waals surface area (Å²) in [5.41, 5.74) is 5.21. The molecule has 4 rings (SSSR count). The van der Waals surface area contributed by atoms with Crippen LogP contribution < -0.4 is 10.4 Å². The van der Waals surface area contributed by atoms with Crippen LogP contribution in [0, 0.1) is 0 Å². The summed E-state index contributed by atoms with van der Waals surface area (Å²) >= 11 is 0. The van der Waals surface area contributed by atoms with Crippen molar-refractivity contribution in [3.63, 3.8) is 0 Å². The lowest BCUT2D eigenvalue weighted by atomic mass is 9.77. The predicted molar refractivity (Wildman–Crippen MR) is 217 cm³/mol. The number of fused-ring (bicyclic) bond motifs is 2. The van der Waals surface area contributed by atoms with Gasteiger partial charge in [-0.05, 0) is 89.3 Å². The van der Waals surface area contributed by atoms with Crippen molar-refractivity contribution in [3.05, 3.63) is 89.2 Å². The van der Waals surface area contributed by atoms with Crippen molar-refractivity contribution < 1.29 is 61.3 Å². The summed E-state index contributed by atoms with van der Waals surface area (Å²) in [5.74, 6) is -1.53. The molecule has 16 nitrogen and oxygen atoms in total. The van der Waals surface area contributed by atoms with Gasteiger partial charge in [0.05, 0.1) is 29.3 Å². The maximum atomic E-state index is 12.8. The highest BCUT2D eigenvalue weighted by atomic mass is 32.2. The summed E-state index contributed by atoms with van der Waals surface area (Å²) in [5, 5.41) is 0. The standard InChI is InChI=1S/C37H51N3O13S4/c1-27(2)38-53-26-28-24-30-35(32(25-28)57(50,51)52)40(20-13-23-56(47,48)49)33(36(30,3)4)16-7-6-8-17-34-37(5,18-11-21-54(41,42)43)29-14-9-10-15-31(29)39(34)19-12-22-55(44,45)46/h6-10,14-17,24-25,27,38H,11-13,18-23,26H2,1-5H3,(H3-,41,42,43,44,45,46,47,48,49,50,51,52)/p+1. The van der Waals surface area contributed by atoms with Gasteiger partial charge in [0.15, 0.2) is 10.6 Å². The van der Waals surface area contributed by atoms with Crippen LogP contribution in [0.2, 0.25) is 0 Å². The zero-order chi connectivity index (χ0) is 42.6. The van der Waals surface area contributed by atoms with Crippen molar-refractivity contribution in [3.8, 4) is 0 Å². The quantitative estimate of drug-likeness (QED) is 0.0522. The minimum atomic E-state index is -4.80. The lowest BCUT2D eigenvalue weighted by Gasteiger charge is -2.30. The molecular formula is C37H52N3O13S4+. The Morgan fingerprint density at radius 3 is 2.04 bits per heavy atom. The zero-order valence-electron chi connectivity index (χ0n) is 32.5. The lowest BCUT2D eigenvalue weighted by molar-refractivity contribution is -0.440. The predicted octanol–water partition coefficient (Wildman–Crippen LogP) is 4.74. The van der Waals surface area contributed by atoms with Crippen LogP contribution in [0.1, 0.15) is 77.0 Å². The van der Waals surface area contributed by atoms with Crippen LogP contribution in [0.25, 0.3) is 0 Å². The molecule has 1 unspecified atom stereocenters. The topological polar surface area (TPSA) is 245 Å². The fraction of sp³-hybridized carbons (Fsp3) is 0.486. The third-order valence-corrected chi connectivity index (χ3v) is 13.1. The van der Waals surface area contributed by atoms with Crippen LogP contribution in [0.3, 0.4) is 0 Å². The van der Waals surface area contributed by atoms with Gasteiger partial charge in [-0.1, -0.05) is 36.4 Å². The zero-order valence-corrected chi connectivity index (χ0v) is 35.8. The second kappa shape index (κ2) is 17.9. The Balaban J connectivity index is 1.79. The molecule has 2 aliphatic heterocycles. The number of nitrogens with one attached hydrogen (secondary N) is 1. The Labute approximate surface area is 336 Å². The average molecular weight is 875 g/mol. The molecule has 2 aliphatic rings. The summed E-state index contributed by atoms with van der Waals surface area (Å²) in [6.45, 7) is 9.50. The molecule has 0 amide bonds. The van der Waals surface area contributed by atoms with Crippen LogP contribution >= 0.6 is 0 Å². The van der Waals surface area contributed by atoms with Crippen molar-refractivity contribution in [2.24, 2.45) is 0 Å². The van der Waals surface area contributed by atoms with Gasteiger partial charge in [0, 0.05) is 47.4 Å². The number of hydrogen-bond donors (Lipinski definition) is 5. The highest BCUT2D eigenvalue weighted by Gasteiger charge is 2.48. The Morgan fingerprint density at radius 1 is 0.807 bits per heavy atom. The van der Waals surface area contributed by atoms with Crippen LogP contribution in [0.4, 0.5) is 11.4 Å². The Morgan fingerprint density at radius 2 is 1.42 bits per heavy atom. The molecule has 2 heterocycles. The number of anilines is 1. The van der Waals surface area contributed by atoms with Crippen LogP contribution in [0.15, 0.2) is 77.4 Å². The van der Waals surface area contributed by atoms with E-state index in [1.165, 1.54) is 6.07 Å². The summed E-state index contributed by atoms with van der Waals surface area (Å²) in [6, 6.07) is 10.5. The van der Waals surface area contributed by atoms with Crippen molar-refractivity contribution in [1.82, 2.24) is 5.48 Å². The van der Waals surface area contributed by atoms with Gasteiger partial charge in [-0.15, -0.1) is 0 Å². The largest absolute Gasteiger partial charge is 0.344 e. The molecule has 0 bridgehead atoms. The Kier molecular flexibility index (Phi) is 14.6. The number of hydroxylamine groups is 1. The lowest BCUT2D eigenvalue weighted by Crippen LogP contribution is -2.30. The molecule has 0 saturated heterocycles. The molecule has 0 saturated carbocycles. The van der Waals surface area contributed by atoms with Crippen molar-refractivity contribution in [1.29, 1.82) is 0 Å². The fourth-order valence-electron chi connectivity index (χ4n) is 7.41. The van der Waals surface area contributed by atoms with E-state index in [0.29, 0.717) is 29.0 Å². The maximum absolute atomic E-state index is 12.8. The molecule has 2 aromatic carbocycles. The molecule has 0 radical (unpaired) electrons. The first kappa shape index (κ1) is 46.4. The highest BCUT2D eigenvalue weighted by Crippen LogP contribution is 2.50. The van der Waals surface area contributed by atoms with E-state index < -0.39 is 73.5 Å². The fourth-order valence-corrected chi connectivity index (χ4v) is 9.67. The van der Waals surface area contributed by atoms with Gasteiger partial charge in [0.1, 0.15) is 6.54 Å². The molecule has 2 aromatic rings.